The van der Waals surface area contributed by atoms with Crippen molar-refractivity contribution in [1.82, 2.24) is 4.90 Å². The second-order valence-corrected chi connectivity index (χ2v) is 4.28. The van der Waals surface area contributed by atoms with Crippen LogP contribution < -0.4 is 15.8 Å². The minimum atomic E-state index is -0.236. The Labute approximate surface area is 123 Å². The van der Waals surface area contributed by atoms with Crippen molar-refractivity contribution in [2.24, 2.45) is 0 Å². The van der Waals surface area contributed by atoms with Gasteiger partial charge in [-0.3, -0.25) is 9.69 Å². The maximum Gasteiger partial charge on any atom is 0.225 e. The molecular formula is C14H17N5O2. The minimum absolute atomic E-state index is 0.114. The number of amides is 1. The molecule has 1 rings (SSSR count). The summed E-state index contributed by atoms with van der Waals surface area (Å²) in [6, 6.07) is 8.87. The molecule has 0 spiro atoms. The van der Waals surface area contributed by atoms with E-state index < -0.39 is 0 Å². The average Bonchev–Trinajstić information content (AvgIpc) is 2.45. The molecule has 0 fully saturated rings. The number of rotatable bonds is 7. The third kappa shape index (κ3) is 5.39. The van der Waals surface area contributed by atoms with Crippen LogP contribution in [0.4, 0.5) is 11.4 Å². The summed E-state index contributed by atoms with van der Waals surface area (Å²) in [5, 5.41) is 20.0. The minimum Gasteiger partial charge on any atom is -0.495 e. The number of hydrogen-bond acceptors (Lipinski definition) is 6. The number of carbonyl (C=O) groups is 1. The Hall–Kier alpha value is -2.77. The number of hydrogen-bond donors (Lipinski definition) is 2. The molecule has 7 nitrogen and oxygen atoms in total. The highest BCUT2D eigenvalue weighted by Gasteiger charge is 2.10. The molecule has 0 aliphatic rings. The van der Waals surface area contributed by atoms with Crippen molar-refractivity contribution in [2.45, 2.75) is 6.42 Å². The lowest BCUT2D eigenvalue weighted by molar-refractivity contribution is -0.116. The van der Waals surface area contributed by atoms with Gasteiger partial charge in [-0.15, -0.1) is 0 Å². The molecule has 0 saturated heterocycles. The van der Waals surface area contributed by atoms with Gasteiger partial charge in [0.05, 0.1) is 38.0 Å². The summed E-state index contributed by atoms with van der Waals surface area (Å²) in [4.78, 5) is 13.5. The number of nitrogens with zero attached hydrogens (tertiary/aromatic N) is 3. The number of nitrogen functional groups attached to an aromatic ring is 1. The molecule has 0 saturated carbocycles. The zero-order valence-corrected chi connectivity index (χ0v) is 11.8. The molecule has 110 valence electrons. The Balaban J connectivity index is 2.60. The van der Waals surface area contributed by atoms with E-state index in [4.69, 9.17) is 21.0 Å². The summed E-state index contributed by atoms with van der Waals surface area (Å²) in [6.45, 7) is 0.558. The van der Waals surface area contributed by atoms with Crippen LogP contribution in [0.2, 0.25) is 0 Å². The number of methoxy groups -OCH3 is 1. The van der Waals surface area contributed by atoms with Crippen molar-refractivity contribution in [2.75, 3.05) is 37.8 Å². The summed E-state index contributed by atoms with van der Waals surface area (Å²) < 4.78 is 5.14. The average molecular weight is 287 g/mol. The molecule has 1 aromatic carbocycles. The molecule has 1 amide bonds. The molecule has 0 unspecified atom stereocenters. The zero-order chi connectivity index (χ0) is 15.7. The van der Waals surface area contributed by atoms with E-state index in [2.05, 4.69) is 5.32 Å². The van der Waals surface area contributed by atoms with Gasteiger partial charge < -0.3 is 15.8 Å². The van der Waals surface area contributed by atoms with Gasteiger partial charge >= 0.3 is 0 Å². The number of ether oxygens (including phenoxy) is 1. The predicted octanol–water partition coefficient (Wildman–Crippen LogP) is 0.955. The quantitative estimate of drug-likeness (QED) is 0.570. The first-order chi connectivity index (χ1) is 10.1. The molecule has 0 radical (unpaired) electrons. The number of nitriles is 2. The van der Waals surface area contributed by atoms with E-state index in [0.717, 1.165) is 0 Å². The molecule has 1 aromatic rings. The monoisotopic (exact) mass is 287 g/mol. The van der Waals surface area contributed by atoms with Crippen molar-refractivity contribution in [3.63, 3.8) is 0 Å². The van der Waals surface area contributed by atoms with Crippen LogP contribution in [-0.2, 0) is 4.79 Å². The Bertz CT molecular complexity index is 558. The van der Waals surface area contributed by atoms with Crippen LogP contribution in [-0.4, -0.2) is 37.6 Å². The largest absolute Gasteiger partial charge is 0.495 e. The van der Waals surface area contributed by atoms with E-state index in [9.17, 15) is 4.79 Å². The Kier molecular flexibility index (Phi) is 6.52. The zero-order valence-electron chi connectivity index (χ0n) is 11.8. The first kappa shape index (κ1) is 16.3. The maximum absolute atomic E-state index is 11.9. The van der Waals surface area contributed by atoms with Gasteiger partial charge in [0.2, 0.25) is 5.91 Å². The van der Waals surface area contributed by atoms with Gasteiger partial charge in [-0.2, -0.15) is 10.5 Å². The van der Waals surface area contributed by atoms with E-state index in [0.29, 0.717) is 23.7 Å². The third-order valence-corrected chi connectivity index (χ3v) is 2.74. The molecule has 0 aliphatic carbocycles. The SMILES string of the molecule is COc1ccc(N)cc1NC(=O)CCN(CC#N)CC#N. The molecular weight excluding hydrogens is 270 g/mol. The van der Waals surface area contributed by atoms with Gasteiger partial charge in [0.25, 0.3) is 0 Å². The van der Waals surface area contributed by atoms with Crippen LogP contribution in [0.25, 0.3) is 0 Å². The molecule has 0 heterocycles. The van der Waals surface area contributed by atoms with E-state index in [-0.39, 0.29) is 25.4 Å². The van der Waals surface area contributed by atoms with E-state index in [1.54, 1.807) is 23.1 Å². The van der Waals surface area contributed by atoms with Crippen LogP contribution in [0, 0.1) is 22.7 Å². The fourth-order valence-electron chi connectivity index (χ4n) is 1.71. The maximum atomic E-state index is 11.9. The molecule has 0 aliphatic heterocycles. The van der Waals surface area contributed by atoms with Crippen LogP contribution in [0.3, 0.4) is 0 Å². The van der Waals surface area contributed by atoms with Gasteiger partial charge in [-0.25, -0.2) is 0 Å². The van der Waals surface area contributed by atoms with Crippen LogP contribution in [0.15, 0.2) is 18.2 Å². The van der Waals surface area contributed by atoms with Crippen molar-refractivity contribution in [3.8, 4) is 17.9 Å². The van der Waals surface area contributed by atoms with Crippen LogP contribution in [0.1, 0.15) is 6.42 Å². The third-order valence-electron chi connectivity index (χ3n) is 2.74. The number of anilines is 2. The fourth-order valence-corrected chi connectivity index (χ4v) is 1.71. The summed E-state index contributed by atoms with van der Waals surface area (Å²) >= 11 is 0. The Morgan fingerprint density at radius 2 is 2.05 bits per heavy atom. The highest BCUT2D eigenvalue weighted by Crippen LogP contribution is 2.26. The van der Waals surface area contributed by atoms with Crippen molar-refractivity contribution in [1.29, 1.82) is 10.5 Å². The summed E-state index contributed by atoms with van der Waals surface area (Å²) in [6.07, 6.45) is 0.168. The lowest BCUT2D eigenvalue weighted by atomic mass is 10.2. The smallest absolute Gasteiger partial charge is 0.225 e. The van der Waals surface area contributed by atoms with Crippen molar-refractivity contribution >= 4 is 17.3 Å². The Morgan fingerprint density at radius 1 is 1.38 bits per heavy atom. The van der Waals surface area contributed by atoms with Gasteiger partial charge in [0.1, 0.15) is 5.75 Å². The van der Waals surface area contributed by atoms with Crippen LogP contribution in [0.5, 0.6) is 5.75 Å². The van der Waals surface area contributed by atoms with Gasteiger partial charge in [-0.1, -0.05) is 0 Å². The first-order valence-corrected chi connectivity index (χ1v) is 6.30. The van der Waals surface area contributed by atoms with Gasteiger partial charge in [0, 0.05) is 18.7 Å². The second kappa shape index (κ2) is 8.41. The van der Waals surface area contributed by atoms with Crippen molar-refractivity contribution < 1.29 is 9.53 Å². The highest BCUT2D eigenvalue weighted by molar-refractivity contribution is 5.93. The van der Waals surface area contributed by atoms with E-state index >= 15 is 0 Å². The van der Waals surface area contributed by atoms with E-state index in [1.165, 1.54) is 7.11 Å². The van der Waals surface area contributed by atoms with Gasteiger partial charge in [0.15, 0.2) is 0 Å². The molecule has 21 heavy (non-hydrogen) atoms. The number of benzene rings is 1. The first-order valence-electron chi connectivity index (χ1n) is 6.30. The topological polar surface area (TPSA) is 115 Å². The van der Waals surface area contributed by atoms with E-state index in [1.807, 2.05) is 12.1 Å². The van der Waals surface area contributed by atoms with Crippen LogP contribution >= 0.6 is 0 Å². The summed E-state index contributed by atoms with van der Waals surface area (Å²) in [5.74, 6) is 0.281. The highest BCUT2D eigenvalue weighted by atomic mass is 16.5. The lowest BCUT2D eigenvalue weighted by Gasteiger charge is -2.15. The second-order valence-electron chi connectivity index (χ2n) is 4.28. The van der Waals surface area contributed by atoms with Gasteiger partial charge in [-0.05, 0) is 18.2 Å². The molecule has 0 aromatic heterocycles. The Morgan fingerprint density at radius 3 is 2.62 bits per heavy atom. The predicted molar refractivity (Wildman–Crippen MR) is 78.3 cm³/mol. The molecule has 0 bridgehead atoms. The summed E-state index contributed by atoms with van der Waals surface area (Å²) in [7, 11) is 1.50. The molecule has 3 N–H and O–H groups in total. The standard InChI is InChI=1S/C14H17N5O2/c1-21-13-3-2-11(17)10-12(13)18-14(20)4-7-19(8-5-15)9-6-16/h2-3,10H,4,7-9,17H2,1H3,(H,18,20). The molecule has 0 atom stereocenters. The fraction of sp³-hybridized carbons (Fsp3) is 0.357. The normalized spacial score (nSPS) is 9.71. The number of nitrogens with two attached hydrogens (primary N) is 1. The lowest BCUT2D eigenvalue weighted by Crippen LogP contribution is -2.28. The molecule has 7 heteroatoms. The number of carbonyl (C=O) groups excluding carboxylic acids is 1. The van der Waals surface area contributed by atoms with Crippen molar-refractivity contribution in [3.05, 3.63) is 18.2 Å². The summed E-state index contributed by atoms with van der Waals surface area (Å²) in [5.41, 5.74) is 6.68. The number of nitrogens with one attached hydrogen (secondary N) is 1.